The molecule has 1 atom stereocenters. The maximum Gasteiger partial charge on any atom is 0.106 e. The number of nitrogens with zero attached hydrogens (tertiary/aromatic N) is 2. The molecule has 0 bridgehead atoms. The minimum absolute atomic E-state index is 1.11. The zero-order valence-corrected chi connectivity index (χ0v) is 10.7. The summed E-state index contributed by atoms with van der Waals surface area (Å²) in [5.41, 5.74) is 2.95. The molecule has 1 aromatic rings. The van der Waals surface area contributed by atoms with Crippen LogP contribution in [-0.4, -0.2) is 37.7 Å². The van der Waals surface area contributed by atoms with Crippen molar-refractivity contribution in [3.05, 3.63) is 29.8 Å². The van der Waals surface area contributed by atoms with Crippen LogP contribution in [0.2, 0.25) is 0 Å². The molecule has 2 nitrogen and oxygen atoms in total. The fourth-order valence-corrected chi connectivity index (χ4v) is 2.52. The molecule has 1 aromatic carbocycles. The minimum Gasteiger partial charge on any atom is -0.366 e. The van der Waals surface area contributed by atoms with Gasteiger partial charge in [-0.15, -0.1) is 0 Å². The summed E-state index contributed by atoms with van der Waals surface area (Å²) in [6.45, 7) is 10.5. The highest BCUT2D eigenvalue weighted by Gasteiger charge is 2.27. The summed E-state index contributed by atoms with van der Waals surface area (Å²) in [7, 11) is 2.37. The third kappa shape index (κ3) is 2.07. The van der Waals surface area contributed by atoms with Crippen molar-refractivity contribution in [2.45, 2.75) is 20.4 Å². The van der Waals surface area contributed by atoms with E-state index in [1.54, 1.807) is 0 Å². The van der Waals surface area contributed by atoms with Gasteiger partial charge in [0.1, 0.15) is 6.54 Å². The van der Waals surface area contributed by atoms with Crippen molar-refractivity contribution >= 4 is 5.69 Å². The van der Waals surface area contributed by atoms with Crippen molar-refractivity contribution in [3.63, 3.8) is 0 Å². The predicted octanol–water partition coefficient (Wildman–Crippen LogP) is 2.49. The Morgan fingerprint density at radius 2 is 2.00 bits per heavy atom. The van der Waals surface area contributed by atoms with E-state index >= 15 is 0 Å². The first-order valence-electron chi connectivity index (χ1n) is 6.35. The number of quaternary nitrogens is 1. The summed E-state index contributed by atoms with van der Waals surface area (Å²) >= 11 is 0. The molecule has 0 amide bonds. The molecule has 88 valence electrons. The molecule has 0 N–H and O–H groups in total. The second-order valence-corrected chi connectivity index (χ2v) is 5.03. The van der Waals surface area contributed by atoms with Gasteiger partial charge < -0.3 is 9.38 Å². The van der Waals surface area contributed by atoms with Gasteiger partial charge in [0.25, 0.3) is 0 Å². The quantitative estimate of drug-likeness (QED) is 0.691. The monoisotopic (exact) mass is 219 g/mol. The number of rotatable bonds is 2. The van der Waals surface area contributed by atoms with Crippen molar-refractivity contribution in [3.8, 4) is 0 Å². The largest absolute Gasteiger partial charge is 0.366 e. The zero-order chi connectivity index (χ0) is 11.6. The second kappa shape index (κ2) is 4.46. The highest BCUT2D eigenvalue weighted by atomic mass is 15.4. The molecule has 2 heteroatoms. The topological polar surface area (TPSA) is 3.24 Å². The van der Waals surface area contributed by atoms with Crippen LogP contribution < -0.4 is 4.90 Å². The van der Waals surface area contributed by atoms with E-state index in [4.69, 9.17) is 0 Å². The first-order chi connectivity index (χ1) is 7.68. The van der Waals surface area contributed by atoms with Crippen molar-refractivity contribution in [1.82, 2.24) is 0 Å². The van der Waals surface area contributed by atoms with Gasteiger partial charge in [-0.1, -0.05) is 18.2 Å². The number of hydrogen-bond acceptors (Lipinski definition) is 1. The van der Waals surface area contributed by atoms with Gasteiger partial charge in [-0.3, -0.25) is 0 Å². The van der Waals surface area contributed by atoms with E-state index in [1.165, 1.54) is 37.4 Å². The molecule has 1 aliphatic rings. The maximum atomic E-state index is 2.51. The van der Waals surface area contributed by atoms with E-state index in [0.29, 0.717) is 0 Å². The van der Waals surface area contributed by atoms with Gasteiger partial charge in [-0.2, -0.15) is 0 Å². The lowest BCUT2D eigenvalue weighted by Gasteiger charge is -2.32. The van der Waals surface area contributed by atoms with E-state index in [9.17, 15) is 0 Å². The molecule has 0 saturated carbocycles. The minimum atomic E-state index is 1.11. The lowest BCUT2D eigenvalue weighted by atomic mass is 10.1. The first kappa shape index (κ1) is 11.5. The average Bonchev–Trinajstić information content (AvgIpc) is 2.45. The average molecular weight is 219 g/mol. The van der Waals surface area contributed by atoms with Crippen LogP contribution in [-0.2, 0) is 6.54 Å². The van der Waals surface area contributed by atoms with Gasteiger partial charge in [-0.25, -0.2) is 0 Å². The molecule has 0 aliphatic carbocycles. The van der Waals surface area contributed by atoms with Crippen molar-refractivity contribution in [1.29, 1.82) is 0 Å². The van der Waals surface area contributed by atoms with Gasteiger partial charge in [0.05, 0.1) is 26.7 Å². The number of fused-ring (bicyclic) bond motifs is 1. The van der Waals surface area contributed by atoms with Crippen molar-refractivity contribution < 1.29 is 4.48 Å². The van der Waals surface area contributed by atoms with Gasteiger partial charge in [0, 0.05) is 17.8 Å². The van der Waals surface area contributed by atoms with Crippen LogP contribution in [0.25, 0.3) is 0 Å². The van der Waals surface area contributed by atoms with Crippen LogP contribution in [0.1, 0.15) is 19.4 Å². The van der Waals surface area contributed by atoms with Crippen LogP contribution in [0.4, 0.5) is 5.69 Å². The molecule has 0 saturated heterocycles. The molecule has 1 unspecified atom stereocenters. The summed E-state index contributed by atoms with van der Waals surface area (Å²) in [6, 6.07) is 8.88. The molecular formula is C14H23N2+. The van der Waals surface area contributed by atoms with Gasteiger partial charge in [0.2, 0.25) is 0 Å². The Balaban J connectivity index is 2.37. The number of anilines is 1. The molecular weight excluding hydrogens is 196 g/mol. The summed E-state index contributed by atoms with van der Waals surface area (Å²) in [5.74, 6) is 0. The highest BCUT2D eigenvalue weighted by Crippen LogP contribution is 2.27. The third-order valence-electron chi connectivity index (χ3n) is 3.94. The number of hydrogen-bond donors (Lipinski definition) is 0. The lowest BCUT2D eigenvalue weighted by Crippen LogP contribution is -2.45. The van der Waals surface area contributed by atoms with E-state index in [2.05, 4.69) is 50.1 Å². The van der Waals surface area contributed by atoms with Crippen LogP contribution in [0.3, 0.4) is 0 Å². The smallest absolute Gasteiger partial charge is 0.106 e. The lowest BCUT2D eigenvalue weighted by molar-refractivity contribution is -0.919. The van der Waals surface area contributed by atoms with Crippen molar-refractivity contribution in [2.24, 2.45) is 0 Å². The molecule has 2 rings (SSSR count). The standard InChI is InChI=1S/C14H23N2/c1-4-15-10-11-16(3,5-2)12-13-8-6-7-9-14(13)15/h6-9H,4-5,10-12H2,1-3H3/q+1. The number of benzene rings is 1. The van der Waals surface area contributed by atoms with E-state index < -0.39 is 0 Å². The maximum absolute atomic E-state index is 2.51. The van der Waals surface area contributed by atoms with Gasteiger partial charge in [-0.05, 0) is 19.9 Å². The molecule has 0 fully saturated rings. The van der Waals surface area contributed by atoms with Crippen LogP contribution >= 0.6 is 0 Å². The molecule has 0 spiro atoms. The Labute approximate surface area is 99.1 Å². The Hall–Kier alpha value is -1.02. The normalized spacial score (nSPS) is 25.1. The van der Waals surface area contributed by atoms with E-state index in [-0.39, 0.29) is 0 Å². The van der Waals surface area contributed by atoms with Crippen LogP contribution in [0.5, 0.6) is 0 Å². The van der Waals surface area contributed by atoms with Gasteiger partial charge >= 0.3 is 0 Å². The highest BCUT2D eigenvalue weighted by molar-refractivity contribution is 5.53. The summed E-state index contributed by atoms with van der Waals surface area (Å²) in [6.07, 6.45) is 0. The Morgan fingerprint density at radius 3 is 2.69 bits per heavy atom. The Bertz CT molecular complexity index is 362. The number of para-hydroxylation sites is 1. The SMILES string of the molecule is CCN1CC[N+](C)(CC)Cc2ccccc21. The Morgan fingerprint density at radius 1 is 1.25 bits per heavy atom. The summed E-state index contributed by atoms with van der Waals surface area (Å²) in [4.78, 5) is 2.51. The van der Waals surface area contributed by atoms with E-state index in [0.717, 1.165) is 11.0 Å². The fourth-order valence-electron chi connectivity index (χ4n) is 2.52. The molecule has 16 heavy (non-hydrogen) atoms. The first-order valence-corrected chi connectivity index (χ1v) is 6.35. The van der Waals surface area contributed by atoms with Crippen LogP contribution in [0, 0.1) is 0 Å². The molecule has 0 aromatic heterocycles. The molecule has 1 heterocycles. The number of likely N-dealkylation sites (N-methyl/N-ethyl adjacent to an activating group) is 2. The predicted molar refractivity (Wildman–Crippen MR) is 69.6 cm³/mol. The van der Waals surface area contributed by atoms with Crippen LogP contribution in [0.15, 0.2) is 24.3 Å². The second-order valence-electron chi connectivity index (χ2n) is 5.03. The Kier molecular flexibility index (Phi) is 3.20. The molecule has 1 aliphatic heterocycles. The van der Waals surface area contributed by atoms with Gasteiger partial charge in [0.15, 0.2) is 0 Å². The molecule has 0 radical (unpaired) electrons. The third-order valence-corrected chi connectivity index (χ3v) is 3.94. The summed E-state index contributed by atoms with van der Waals surface area (Å²) < 4.78 is 1.16. The van der Waals surface area contributed by atoms with E-state index in [1.807, 2.05) is 0 Å². The zero-order valence-electron chi connectivity index (χ0n) is 10.7. The van der Waals surface area contributed by atoms with Crippen molar-refractivity contribution in [2.75, 3.05) is 38.1 Å². The summed E-state index contributed by atoms with van der Waals surface area (Å²) in [5, 5.41) is 0. The fraction of sp³-hybridized carbons (Fsp3) is 0.571.